The molecule has 22 nitrogen and oxygen atoms in total. The molecule has 4 aliphatic heterocycles. The van der Waals surface area contributed by atoms with Crippen molar-refractivity contribution in [3.63, 3.8) is 0 Å². The number of fused-ring (bicyclic) bond motifs is 2. The SMILES string of the molecule is CN(C)C(=O)c1cc2cnc(Nc3ccc(N4CCC5(CCCN5)C4=O)cn3)nc2n1C1CCCC1.CN(C)C(=O)c1cc2cnc(Nc3ccc(N4CCC5(CCCN5C(=O)OC(C)(C)C)C4=O)cn3)nc2n1C1CCCC1. The maximum absolute atomic E-state index is 13.7. The maximum Gasteiger partial charge on any atom is 0.411 e. The zero-order valence-electron chi connectivity index (χ0n) is 46.4. The monoisotopic (exact) mass is 1080 g/mol. The minimum Gasteiger partial charge on any atom is -0.444 e. The second kappa shape index (κ2) is 21.1. The molecule has 6 aromatic heterocycles. The largest absolute Gasteiger partial charge is 0.444 e. The number of pyridine rings is 2. The molecule has 2 spiro atoms. The fourth-order valence-electron chi connectivity index (χ4n) is 12.6. The maximum atomic E-state index is 13.7. The van der Waals surface area contributed by atoms with Crippen LogP contribution in [0.2, 0.25) is 0 Å². The van der Waals surface area contributed by atoms with Crippen molar-refractivity contribution in [1.29, 1.82) is 0 Å². The number of carbonyl (C=O) groups excluding carboxylic acids is 5. The van der Waals surface area contributed by atoms with E-state index in [4.69, 9.17) is 14.7 Å². The van der Waals surface area contributed by atoms with Gasteiger partial charge in [-0.3, -0.25) is 24.1 Å². The number of nitrogens with zero attached hydrogens (tertiary/aromatic N) is 13. The van der Waals surface area contributed by atoms with E-state index < -0.39 is 17.2 Å². The van der Waals surface area contributed by atoms with Crippen LogP contribution in [0.1, 0.15) is 144 Å². The first kappa shape index (κ1) is 53.3. The van der Waals surface area contributed by atoms with Gasteiger partial charge in [-0.25, -0.2) is 24.7 Å². The van der Waals surface area contributed by atoms with Crippen molar-refractivity contribution in [2.45, 2.75) is 139 Å². The van der Waals surface area contributed by atoms with Crippen molar-refractivity contribution in [1.82, 2.24) is 59.1 Å². The first-order valence-electron chi connectivity index (χ1n) is 28.0. The van der Waals surface area contributed by atoms with Gasteiger partial charge in [-0.05, 0) is 128 Å². The molecule has 6 fully saturated rings. The van der Waals surface area contributed by atoms with Crippen LogP contribution in [0.15, 0.2) is 61.2 Å². The number of nitrogens with one attached hydrogen (secondary N) is 3. The summed E-state index contributed by atoms with van der Waals surface area (Å²) < 4.78 is 9.79. The van der Waals surface area contributed by atoms with E-state index in [-0.39, 0.29) is 41.3 Å². The fourth-order valence-corrected chi connectivity index (χ4v) is 12.6. The Hall–Kier alpha value is -7.75. The molecular weight excluding hydrogens is 1000 g/mol. The van der Waals surface area contributed by atoms with Gasteiger partial charge >= 0.3 is 6.09 Å². The van der Waals surface area contributed by atoms with Crippen LogP contribution >= 0.6 is 0 Å². The van der Waals surface area contributed by atoms with E-state index in [9.17, 15) is 24.0 Å². The molecule has 6 aromatic rings. The summed E-state index contributed by atoms with van der Waals surface area (Å²) in [6.45, 7) is 8.10. The molecule has 79 heavy (non-hydrogen) atoms. The Morgan fingerprint density at radius 1 is 0.620 bits per heavy atom. The van der Waals surface area contributed by atoms with Gasteiger partial charge in [0.25, 0.3) is 17.7 Å². The number of aromatic nitrogens is 8. The van der Waals surface area contributed by atoms with Crippen molar-refractivity contribution in [2.24, 2.45) is 0 Å². The van der Waals surface area contributed by atoms with Crippen LogP contribution in [0.3, 0.4) is 0 Å². The number of hydrogen-bond donors (Lipinski definition) is 3. The molecule has 12 rings (SSSR count). The molecule has 0 radical (unpaired) electrons. The molecule has 3 N–H and O–H groups in total. The number of carbonyl (C=O) groups is 5. The number of hydrogen-bond acceptors (Lipinski definition) is 15. The predicted molar refractivity (Wildman–Crippen MR) is 300 cm³/mol. The third kappa shape index (κ3) is 10.2. The van der Waals surface area contributed by atoms with E-state index >= 15 is 0 Å². The summed E-state index contributed by atoms with van der Waals surface area (Å²) >= 11 is 0. The Morgan fingerprint density at radius 2 is 1.13 bits per heavy atom. The Morgan fingerprint density at radius 3 is 1.58 bits per heavy atom. The molecule has 22 heteroatoms. The van der Waals surface area contributed by atoms with Gasteiger partial charge < -0.3 is 49.4 Å². The minimum absolute atomic E-state index is 0.0299. The number of ether oxygens (including phenoxy) is 1. The fraction of sp³-hybridized carbons (Fsp3) is 0.526. The molecule has 416 valence electrons. The number of rotatable bonds is 10. The normalized spacial score (nSPS) is 21.5. The smallest absolute Gasteiger partial charge is 0.411 e. The standard InChI is InChI=1S/C31H40N8O4.C26H32N8O2/c1-30(2,3)43-29(42)38-15-8-13-31(38)14-16-37(27(31)41)22-11-12-24(32-19-22)34-28-33-18-20-17-23(26(40)36(4)5)39(25(20)35-28)21-9-6-7-10-21;1-32(2)23(35)20-14-17-15-28-25(31-22(17)34(20)18-6-3-4-7-18)30-21-9-8-19(16-27-21)33-13-11-26(24(33)36)10-5-12-29-26/h11-12,17-19,21H,6-10,13-16H2,1-5H3,(H,32,33,34,35);8-9,14-16,18,29H,3-7,10-13H2,1-2H3,(H,27,28,30,31). The zero-order chi connectivity index (χ0) is 55.4. The summed E-state index contributed by atoms with van der Waals surface area (Å²) in [4.78, 5) is 102. The molecule has 2 unspecified atom stereocenters. The van der Waals surface area contributed by atoms with Crippen LogP contribution in [0.25, 0.3) is 22.1 Å². The van der Waals surface area contributed by atoms with E-state index in [1.807, 2.05) is 56.0 Å². The molecule has 4 saturated heterocycles. The lowest BCUT2D eigenvalue weighted by Gasteiger charge is -2.34. The first-order valence-corrected chi connectivity index (χ1v) is 28.0. The third-order valence-corrected chi connectivity index (χ3v) is 16.5. The summed E-state index contributed by atoms with van der Waals surface area (Å²) in [6.07, 6.45) is 19.8. The molecule has 2 aliphatic carbocycles. The molecule has 0 aromatic carbocycles. The second-order valence-corrected chi connectivity index (χ2v) is 23.4. The van der Waals surface area contributed by atoms with Gasteiger partial charge in [0.2, 0.25) is 17.8 Å². The van der Waals surface area contributed by atoms with Gasteiger partial charge in [-0.15, -0.1) is 0 Å². The van der Waals surface area contributed by atoms with Crippen LogP contribution in [-0.4, -0.2) is 155 Å². The van der Waals surface area contributed by atoms with Gasteiger partial charge in [0.05, 0.1) is 23.8 Å². The van der Waals surface area contributed by atoms with Gasteiger partial charge in [-0.1, -0.05) is 25.7 Å². The molecule has 6 aliphatic rings. The topological polar surface area (TPSA) is 234 Å². The molecular formula is C57H72N16O6. The first-order chi connectivity index (χ1) is 37.9. The number of anilines is 6. The number of amides is 5. The highest BCUT2D eigenvalue weighted by Crippen LogP contribution is 2.42. The average molecular weight is 1080 g/mol. The van der Waals surface area contributed by atoms with E-state index in [0.717, 1.165) is 111 Å². The summed E-state index contributed by atoms with van der Waals surface area (Å²) in [6, 6.07) is 11.6. The van der Waals surface area contributed by atoms with Crippen LogP contribution in [0, 0.1) is 0 Å². The molecule has 2 saturated carbocycles. The Balaban J connectivity index is 0.000000170. The van der Waals surface area contributed by atoms with E-state index in [2.05, 4.69) is 45.0 Å². The van der Waals surface area contributed by atoms with Crippen molar-refractivity contribution < 1.29 is 28.7 Å². The summed E-state index contributed by atoms with van der Waals surface area (Å²) in [5, 5.41) is 11.5. The number of likely N-dealkylation sites (tertiary alicyclic amines) is 1. The highest BCUT2D eigenvalue weighted by atomic mass is 16.6. The summed E-state index contributed by atoms with van der Waals surface area (Å²) in [5.41, 5.74) is 2.35. The lowest BCUT2D eigenvalue weighted by molar-refractivity contribution is -0.126. The highest BCUT2D eigenvalue weighted by Gasteiger charge is 2.56. The minimum atomic E-state index is -0.871. The average Bonchev–Trinajstić information content (AvgIpc) is 4.50. The third-order valence-electron chi connectivity index (χ3n) is 16.5. The van der Waals surface area contributed by atoms with Gasteiger partial charge in [0.1, 0.15) is 51.0 Å². The summed E-state index contributed by atoms with van der Waals surface area (Å²) in [7, 11) is 7.06. The molecule has 5 amide bonds. The lowest BCUT2D eigenvalue weighted by Crippen LogP contribution is -2.54. The van der Waals surface area contributed by atoms with Crippen LogP contribution in [0.5, 0.6) is 0 Å². The molecule has 10 heterocycles. The van der Waals surface area contributed by atoms with E-state index in [0.29, 0.717) is 73.1 Å². The van der Waals surface area contributed by atoms with E-state index in [1.54, 1.807) is 78.6 Å². The van der Waals surface area contributed by atoms with Crippen LogP contribution in [0.4, 0.5) is 39.7 Å². The van der Waals surface area contributed by atoms with Crippen molar-refractivity contribution in [3.05, 3.63) is 72.6 Å². The van der Waals surface area contributed by atoms with Crippen molar-refractivity contribution in [3.8, 4) is 0 Å². The highest BCUT2D eigenvalue weighted by molar-refractivity contribution is 6.05. The van der Waals surface area contributed by atoms with Gasteiger partial charge in [0, 0.05) is 83.1 Å². The molecule has 2 atom stereocenters. The van der Waals surface area contributed by atoms with Crippen LogP contribution in [-0.2, 0) is 14.3 Å². The Kier molecular flexibility index (Phi) is 14.3. The van der Waals surface area contributed by atoms with Gasteiger partial charge in [-0.2, -0.15) is 9.97 Å². The van der Waals surface area contributed by atoms with Crippen molar-refractivity contribution in [2.75, 3.05) is 74.8 Å². The summed E-state index contributed by atoms with van der Waals surface area (Å²) in [5.74, 6) is 1.90. The Bertz CT molecular complexity index is 3290. The molecule has 0 bridgehead atoms. The van der Waals surface area contributed by atoms with Gasteiger partial charge in [0.15, 0.2) is 0 Å². The zero-order valence-corrected chi connectivity index (χ0v) is 46.4. The van der Waals surface area contributed by atoms with Crippen molar-refractivity contribution >= 4 is 86.7 Å². The van der Waals surface area contributed by atoms with E-state index in [1.165, 1.54) is 0 Å². The Labute approximate surface area is 459 Å². The predicted octanol–water partition coefficient (Wildman–Crippen LogP) is 8.14. The quantitative estimate of drug-likeness (QED) is 0.117. The lowest BCUT2D eigenvalue weighted by atomic mass is 9.94. The second-order valence-electron chi connectivity index (χ2n) is 23.4. The van der Waals surface area contributed by atoms with Crippen LogP contribution < -0.4 is 25.8 Å².